The van der Waals surface area contributed by atoms with Crippen LogP contribution in [0.1, 0.15) is 5.56 Å². The number of fused-ring (bicyclic) bond motifs is 2. The highest BCUT2D eigenvalue weighted by atomic mass is 16.5. The standard InChI is InChI=1S/C48H32N2O/c1-32-28-29-51-47-40(32)20-11-21-43(47)35-24-22-34(23-25-35)42-27-26-33-12-8-9-19-41(33)46(42)39-18-10-17-38(30-39)45-31-44(36-13-4-2-5-14-36)49-48(50-45)37-15-6-3-7-16-37/h2-31H,1H2. The summed E-state index contributed by atoms with van der Waals surface area (Å²) in [6.45, 7) is 4.20. The van der Waals surface area contributed by atoms with Crippen molar-refractivity contribution in [3.8, 4) is 73.0 Å². The fourth-order valence-electron chi connectivity index (χ4n) is 6.97. The average molecular weight is 653 g/mol. The van der Waals surface area contributed by atoms with Crippen molar-refractivity contribution >= 4 is 16.3 Å². The van der Waals surface area contributed by atoms with Crippen LogP contribution < -0.4 is 4.74 Å². The van der Waals surface area contributed by atoms with Crippen LogP contribution in [0.2, 0.25) is 0 Å². The van der Waals surface area contributed by atoms with Gasteiger partial charge in [0.1, 0.15) is 5.75 Å². The zero-order chi connectivity index (χ0) is 34.1. The maximum Gasteiger partial charge on any atom is 0.160 e. The molecule has 240 valence electrons. The van der Waals surface area contributed by atoms with E-state index in [9.17, 15) is 0 Å². The summed E-state index contributed by atoms with van der Waals surface area (Å²) in [6, 6.07) is 59.4. The first-order valence-corrected chi connectivity index (χ1v) is 17.1. The Morgan fingerprint density at radius 2 is 1.04 bits per heavy atom. The summed E-state index contributed by atoms with van der Waals surface area (Å²) in [5, 5.41) is 2.39. The van der Waals surface area contributed by atoms with E-state index in [0.717, 1.165) is 72.8 Å². The Morgan fingerprint density at radius 1 is 0.431 bits per heavy atom. The van der Waals surface area contributed by atoms with Gasteiger partial charge in [-0.15, -0.1) is 0 Å². The van der Waals surface area contributed by atoms with Crippen molar-refractivity contribution in [2.75, 3.05) is 0 Å². The van der Waals surface area contributed by atoms with Gasteiger partial charge in [-0.25, -0.2) is 9.97 Å². The smallest absolute Gasteiger partial charge is 0.160 e. The number of para-hydroxylation sites is 1. The first-order chi connectivity index (χ1) is 25.2. The molecule has 0 atom stereocenters. The Kier molecular flexibility index (Phi) is 7.64. The second-order valence-corrected chi connectivity index (χ2v) is 12.7. The van der Waals surface area contributed by atoms with E-state index >= 15 is 0 Å². The highest BCUT2D eigenvalue weighted by Gasteiger charge is 2.18. The molecule has 8 aromatic rings. The summed E-state index contributed by atoms with van der Waals surface area (Å²) in [4.78, 5) is 10.1. The molecule has 0 aliphatic carbocycles. The molecule has 0 N–H and O–H groups in total. The lowest BCUT2D eigenvalue weighted by Crippen LogP contribution is -1.97. The second kappa shape index (κ2) is 12.9. The van der Waals surface area contributed by atoms with Gasteiger partial charge in [0.2, 0.25) is 0 Å². The van der Waals surface area contributed by atoms with Crippen molar-refractivity contribution in [2.24, 2.45) is 0 Å². The lowest BCUT2D eigenvalue weighted by atomic mass is 9.88. The maximum atomic E-state index is 5.98. The fraction of sp³-hybridized carbons (Fsp3) is 0. The predicted octanol–water partition coefficient (Wildman–Crippen LogP) is 12.6. The van der Waals surface area contributed by atoms with Gasteiger partial charge in [-0.3, -0.25) is 0 Å². The number of allylic oxidation sites excluding steroid dienone is 2. The average Bonchev–Trinajstić information content (AvgIpc) is 3.21. The molecule has 2 heterocycles. The van der Waals surface area contributed by atoms with Gasteiger partial charge < -0.3 is 4.74 Å². The van der Waals surface area contributed by atoms with Crippen molar-refractivity contribution in [1.82, 2.24) is 9.97 Å². The number of ether oxygens (including phenoxy) is 1. The highest BCUT2D eigenvalue weighted by molar-refractivity contribution is 6.04. The molecule has 0 radical (unpaired) electrons. The number of hydrogen-bond acceptors (Lipinski definition) is 3. The van der Waals surface area contributed by atoms with Crippen molar-refractivity contribution in [1.29, 1.82) is 0 Å². The molecule has 0 saturated carbocycles. The molecule has 9 rings (SSSR count). The molecule has 1 aliphatic rings. The molecular formula is C48H32N2O. The van der Waals surface area contributed by atoms with E-state index in [1.165, 1.54) is 16.3 Å². The van der Waals surface area contributed by atoms with E-state index in [1.807, 2.05) is 42.5 Å². The highest BCUT2D eigenvalue weighted by Crippen LogP contribution is 2.42. The molecule has 1 aromatic heterocycles. The van der Waals surface area contributed by atoms with Crippen LogP contribution in [0.5, 0.6) is 5.75 Å². The summed E-state index contributed by atoms with van der Waals surface area (Å²) >= 11 is 0. The molecule has 0 fully saturated rings. The monoisotopic (exact) mass is 652 g/mol. The molecule has 0 amide bonds. The number of nitrogens with zero attached hydrogens (tertiary/aromatic N) is 2. The van der Waals surface area contributed by atoms with Gasteiger partial charge in [0.15, 0.2) is 5.82 Å². The Balaban J connectivity index is 1.17. The van der Waals surface area contributed by atoms with Crippen LogP contribution in [-0.4, -0.2) is 9.97 Å². The lowest BCUT2D eigenvalue weighted by Gasteiger charge is -2.18. The van der Waals surface area contributed by atoms with E-state index in [4.69, 9.17) is 14.7 Å². The second-order valence-electron chi connectivity index (χ2n) is 12.7. The SMILES string of the molecule is C=C1C=COc2c1cccc2-c1ccc(-c2ccc3ccccc3c2-c2cccc(-c3cc(-c4ccccc4)nc(-c4ccccc4)n3)c2)cc1. The van der Waals surface area contributed by atoms with Crippen LogP contribution >= 0.6 is 0 Å². The van der Waals surface area contributed by atoms with Crippen LogP contribution in [0.15, 0.2) is 189 Å². The normalized spacial score (nSPS) is 12.0. The number of rotatable bonds is 6. The van der Waals surface area contributed by atoms with E-state index in [-0.39, 0.29) is 0 Å². The topological polar surface area (TPSA) is 35.0 Å². The molecule has 0 unspecified atom stereocenters. The van der Waals surface area contributed by atoms with Gasteiger partial charge in [0, 0.05) is 27.8 Å². The van der Waals surface area contributed by atoms with Crippen LogP contribution in [0, 0.1) is 0 Å². The van der Waals surface area contributed by atoms with Gasteiger partial charge in [0.25, 0.3) is 0 Å². The van der Waals surface area contributed by atoms with Crippen LogP contribution in [-0.2, 0) is 0 Å². The summed E-state index contributed by atoms with van der Waals surface area (Å²) in [6.07, 6.45) is 3.62. The first kappa shape index (κ1) is 30.2. The zero-order valence-electron chi connectivity index (χ0n) is 27.8. The Morgan fingerprint density at radius 3 is 1.82 bits per heavy atom. The van der Waals surface area contributed by atoms with E-state index in [1.54, 1.807) is 6.26 Å². The van der Waals surface area contributed by atoms with E-state index < -0.39 is 0 Å². The molecule has 3 heteroatoms. The Hall–Kier alpha value is -6.84. The molecule has 3 nitrogen and oxygen atoms in total. The third-order valence-corrected chi connectivity index (χ3v) is 9.53. The minimum Gasteiger partial charge on any atom is -0.464 e. The predicted molar refractivity (Wildman–Crippen MR) is 211 cm³/mol. The zero-order valence-corrected chi connectivity index (χ0v) is 27.8. The summed E-state index contributed by atoms with van der Waals surface area (Å²) < 4.78 is 5.98. The minimum absolute atomic E-state index is 0.703. The fourth-order valence-corrected chi connectivity index (χ4v) is 6.97. The van der Waals surface area contributed by atoms with Crippen molar-refractivity contribution in [3.05, 3.63) is 194 Å². The molecule has 7 aromatic carbocycles. The molecule has 1 aliphatic heterocycles. The third kappa shape index (κ3) is 5.71. The van der Waals surface area contributed by atoms with Gasteiger partial charge in [0.05, 0.1) is 17.6 Å². The minimum atomic E-state index is 0.703. The third-order valence-electron chi connectivity index (χ3n) is 9.53. The van der Waals surface area contributed by atoms with Crippen LogP contribution in [0.3, 0.4) is 0 Å². The van der Waals surface area contributed by atoms with Crippen LogP contribution in [0.25, 0.3) is 83.6 Å². The molecule has 0 spiro atoms. The largest absolute Gasteiger partial charge is 0.464 e. The Bertz CT molecular complexity index is 2550. The van der Waals surface area contributed by atoms with Crippen molar-refractivity contribution < 1.29 is 4.74 Å². The van der Waals surface area contributed by atoms with E-state index in [0.29, 0.717) is 5.82 Å². The maximum absolute atomic E-state index is 5.98. The molecule has 51 heavy (non-hydrogen) atoms. The summed E-state index contributed by atoms with van der Waals surface area (Å²) in [7, 11) is 0. The van der Waals surface area contributed by atoms with Gasteiger partial charge in [-0.05, 0) is 62.4 Å². The van der Waals surface area contributed by atoms with Gasteiger partial charge >= 0.3 is 0 Å². The lowest BCUT2D eigenvalue weighted by molar-refractivity contribution is 0.478. The quantitative estimate of drug-likeness (QED) is 0.179. The van der Waals surface area contributed by atoms with E-state index in [2.05, 4.69) is 140 Å². The van der Waals surface area contributed by atoms with Gasteiger partial charge in [-0.1, -0.05) is 164 Å². The van der Waals surface area contributed by atoms with Gasteiger partial charge in [-0.2, -0.15) is 0 Å². The molecule has 0 saturated heterocycles. The molecular weight excluding hydrogens is 621 g/mol. The molecule has 0 bridgehead atoms. The summed E-state index contributed by atoms with van der Waals surface area (Å²) in [5.74, 6) is 1.55. The van der Waals surface area contributed by atoms with Crippen LogP contribution in [0.4, 0.5) is 0 Å². The number of benzene rings is 7. The first-order valence-electron chi connectivity index (χ1n) is 17.1. The number of hydrogen-bond donors (Lipinski definition) is 0. The summed E-state index contributed by atoms with van der Waals surface area (Å²) in [5.41, 5.74) is 13.6. The number of aromatic nitrogens is 2. The van der Waals surface area contributed by atoms with Crippen molar-refractivity contribution in [3.63, 3.8) is 0 Å². The van der Waals surface area contributed by atoms with Crippen molar-refractivity contribution in [2.45, 2.75) is 0 Å². The Labute approximate surface area is 297 Å².